The number of fused-ring (bicyclic) bond motifs is 1. The normalized spacial score (nSPS) is 13.4. The fraction of sp³-hybridized carbons (Fsp3) is 0.208. The quantitative estimate of drug-likeness (QED) is 0.284. The number of aromatic nitrogens is 2. The highest BCUT2D eigenvalue weighted by atomic mass is 35.5. The molecular weight excluding hydrogens is 462 g/mol. The Morgan fingerprint density at radius 3 is 2.75 bits per heavy atom. The van der Waals surface area contributed by atoms with Crippen LogP contribution in [0.25, 0.3) is 15.9 Å². The van der Waals surface area contributed by atoms with Gasteiger partial charge >= 0.3 is 0 Å². The molecule has 0 radical (unpaired) electrons. The van der Waals surface area contributed by atoms with Crippen molar-refractivity contribution < 1.29 is 4.79 Å². The predicted octanol–water partition coefficient (Wildman–Crippen LogP) is 5.39. The van der Waals surface area contributed by atoms with E-state index in [1.54, 1.807) is 10.6 Å². The van der Waals surface area contributed by atoms with Crippen molar-refractivity contribution in [2.75, 3.05) is 5.75 Å². The van der Waals surface area contributed by atoms with E-state index in [2.05, 4.69) is 10.7 Å². The first kappa shape index (κ1) is 21.2. The van der Waals surface area contributed by atoms with Gasteiger partial charge in [0.25, 0.3) is 5.56 Å². The Kier molecular flexibility index (Phi) is 6.04. The maximum atomic E-state index is 13.6. The summed E-state index contributed by atoms with van der Waals surface area (Å²) >= 11 is 8.79. The largest absolute Gasteiger partial charge is 0.351 e. The van der Waals surface area contributed by atoms with Crippen LogP contribution < -0.4 is 10.9 Å². The molecule has 4 aromatic rings. The Labute approximate surface area is 198 Å². The monoisotopic (exact) mass is 481 g/mol. The lowest BCUT2D eigenvalue weighted by Gasteiger charge is -2.12. The summed E-state index contributed by atoms with van der Waals surface area (Å²) in [5, 5.41) is 6.85. The zero-order chi connectivity index (χ0) is 22.1. The van der Waals surface area contributed by atoms with Gasteiger partial charge in [0, 0.05) is 11.6 Å². The number of amides is 1. The number of carbonyl (C=O) groups is 1. The van der Waals surface area contributed by atoms with Crippen molar-refractivity contribution in [1.29, 1.82) is 0 Å². The molecule has 1 aliphatic carbocycles. The predicted molar refractivity (Wildman–Crippen MR) is 131 cm³/mol. The SMILES string of the molecule is O=C(CSc1nc2scc(C3CC3)c2c(=O)n1-c1ccccc1)NCc1cccc(Cl)c1. The van der Waals surface area contributed by atoms with Crippen molar-refractivity contribution in [2.45, 2.75) is 30.5 Å². The Hall–Kier alpha value is -2.61. The zero-order valence-corrected chi connectivity index (χ0v) is 19.5. The van der Waals surface area contributed by atoms with Crippen molar-refractivity contribution in [3.05, 3.63) is 86.5 Å². The van der Waals surface area contributed by atoms with Gasteiger partial charge in [0.05, 0.1) is 16.8 Å². The molecule has 1 saturated carbocycles. The third-order valence-electron chi connectivity index (χ3n) is 5.35. The molecule has 1 amide bonds. The van der Waals surface area contributed by atoms with Crippen LogP contribution in [0, 0.1) is 0 Å². The lowest BCUT2D eigenvalue weighted by molar-refractivity contribution is -0.118. The topological polar surface area (TPSA) is 64.0 Å². The first-order chi connectivity index (χ1) is 15.6. The van der Waals surface area contributed by atoms with Crippen LogP contribution in [0.4, 0.5) is 0 Å². The highest BCUT2D eigenvalue weighted by Gasteiger charge is 2.29. The second-order valence-corrected chi connectivity index (χ2v) is 9.95. The summed E-state index contributed by atoms with van der Waals surface area (Å²) < 4.78 is 1.63. The Balaban J connectivity index is 1.41. The van der Waals surface area contributed by atoms with E-state index in [9.17, 15) is 9.59 Å². The van der Waals surface area contributed by atoms with Crippen LogP contribution >= 0.6 is 34.7 Å². The van der Waals surface area contributed by atoms with Crippen molar-refractivity contribution in [1.82, 2.24) is 14.9 Å². The summed E-state index contributed by atoms with van der Waals surface area (Å²) in [5.74, 6) is 0.499. The molecule has 1 N–H and O–H groups in total. The third-order valence-corrected chi connectivity index (χ3v) is 7.41. The minimum absolute atomic E-state index is 0.0637. The molecule has 8 heteroatoms. The fourth-order valence-electron chi connectivity index (χ4n) is 3.62. The molecule has 5 nitrogen and oxygen atoms in total. The first-order valence-electron chi connectivity index (χ1n) is 10.3. The van der Waals surface area contributed by atoms with E-state index >= 15 is 0 Å². The van der Waals surface area contributed by atoms with Crippen molar-refractivity contribution in [2.24, 2.45) is 0 Å². The number of rotatable bonds is 7. The highest BCUT2D eigenvalue weighted by molar-refractivity contribution is 7.99. The van der Waals surface area contributed by atoms with Crippen molar-refractivity contribution >= 4 is 50.8 Å². The Morgan fingerprint density at radius 1 is 1.19 bits per heavy atom. The van der Waals surface area contributed by atoms with Crippen LogP contribution in [0.5, 0.6) is 0 Å². The standard InChI is InChI=1S/C24H20ClN3O2S2/c25-17-6-4-5-15(11-17)12-26-20(29)14-32-24-27-22-21(19(13-31-22)16-9-10-16)23(30)28(24)18-7-2-1-3-8-18/h1-8,11,13,16H,9-10,12,14H2,(H,26,29). The molecule has 0 unspecified atom stereocenters. The van der Waals surface area contributed by atoms with E-state index in [-0.39, 0.29) is 17.2 Å². The van der Waals surface area contributed by atoms with Crippen LogP contribution in [-0.4, -0.2) is 21.2 Å². The van der Waals surface area contributed by atoms with Gasteiger partial charge in [0.15, 0.2) is 5.16 Å². The number of nitrogens with zero attached hydrogens (tertiary/aromatic N) is 2. The smallest absolute Gasteiger partial charge is 0.267 e. The molecule has 32 heavy (non-hydrogen) atoms. The molecule has 0 saturated heterocycles. The third kappa shape index (κ3) is 4.46. The summed E-state index contributed by atoms with van der Waals surface area (Å²) in [6.45, 7) is 0.396. The van der Waals surface area contributed by atoms with Crippen LogP contribution in [0.3, 0.4) is 0 Å². The van der Waals surface area contributed by atoms with E-state index < -0.39 is 0 Å². The number of thioether (sulfide) groups is 1. The molecule has 2 aromatic carbocycles. The number of hydrogen-bond donors (Lipinski definition) is 1. The number of thiophene rings is 1. The van der Waals surface area contributed by atoms with Crippen molar-refractivity contribution in [3.8, 4) is 5.69 Å². The van der Waals surface area contributed by atoms with Crippen molar-refractivity contribution in [3.63, 3.8) is 0 Å². The molecule has 1 fully saturated rings. The number of nitrogens with one attached hydrogen (secondary N) is 1. The Morgan fingerprint density at radius 2 is 2.00 bits per heavy atom. The summed E-state index contributed by atoms with van der Waals surface area (Å²) in [7, 11) is 0. The van der Waals surface area contributed by atoms with Gasteiger partial charge in [-0.1, -0.05) is 53.7 Å². The van der Waals surface area contributed by atoms with Gasteiger partial charge < -0.3 is 5.32 Å². The molecule has 162 valence electrons. The van der Waals surface area contributed by atoms with Gasteiger partial charge in [-0.05, 0) is 59.5 Å². The van der Waals surface area contributed by atoms with Gasteiger partial charge in [-0.25, -0.2) is 4.98 Å². The summed E-state index contributed by atoms with van der Waals surface area (Å²) in [4.78, 5) is 31.6. The lowest BCUT2D eigenvalue weighted by Crippen LogP contribution is -2.26. The van der Waals surface area contributed by atoms with Gasteiger partial charge in [0.2, 0.25) is 5.91 Å². The molecule has 0 aliphatic heterocycles. The van der Waals surface area contributed by atoms with E-state index in [1.165, 1.54) is 23.1 Å². The summed E-state index contributed by atoms with van der Waals surface area (Å²) in [6.07, 6.45) is 2.25. The molecule has 2 heterocycles. The van der Waals surface area contributed by atoms with E-state index in [4.69, 9.17) is 16.6 Å². The lowest BCUT2D eigenvalue weighted by atomic mass is 10.1. The molecule has 1 aliphatic rings. The molecular formula is C24H20ClN3O2S2. The summed E-state index contributed by atoms with van der Waals surface area (Å²) in [5.41, 5.74) is 2.73. The minimum atomic E-state index is -0.131. The fourth-order valence-corrected chi connectivity index (χ4v) is 5.74. The Bertz CT molecular complexity index is 1350. The van der Waals surface area contributed by atoms with Gasteiger partial charge in [0.1, 0.15) is 4.83 Å². The molecule has 0 atom stereocenters. The van der Waals surface area contributed by atoms with Crippen LogP contribution in [-0.2, 0) is 11.3 Å². The second kappa shape index (κ2) is 9.10. The van der Waals surface area contributed by atoms with Gasteiger partial charge in [-0.3, -0.25) is 14.2 Å². The molecule has 2 aromatic heterocycles. The number of halogens is 1. The highest BCUT2D eigenvalue weighted by Crippen LogP contribution is 2.44. The number of para-hydroxylation sites is 1. The van der Waals surface area contributed by atoms with E-state index in [0.717, 1.165) is 39.9 Å². The molecule has 5 rings (SSSR count). The van der Waals surface area contributed by atoms with Crippen LogP contribution in [0.15, 0.2) is 69.9 Å². The molecule has 0 bridgehead atoms. The number of benzene rings is 2. The summed E-state index contributed by atoms with van der Waals surface area (Å²) in [6, 6.07) is 16.9. The average molecular weight is 482 g/mol. The van der Waals surface area contributed by atoms with Gasteiger partial charge in [-0.2, -0.15) is 0 Å². The van der Waals surface area contributed by atoms with Gasteiger partial charge in [-0.15, -0.1) is 11.3 Å². The zero-order valence-electron chi connectivity index (χ0n) is 17.1. The van der Waals surface area contributed by atoms with E-state index in [1.807, 2.05) is 48.5 Å². The average Bonchev–Trinajstić information content (AvgIpc) is 3.56. The maximum absolute atomic E-state index is 13.6. The number of hydrogen-bond acceptors (Lipinski definition) is 5. The van der Waals surface area contributed by atoms with E-state index in [0.29, 0.717) is 22.6 Å². The second-order valence-electron chi connectivity index (χ2n) is 7.71. The number of carbonyl (C=O) groups excluding carboxylic acids is 1. The first-order valence-corrected chi connectivity index (χ1v) is 12.6. The van der Waals surface area contributed by atoms with Crippen LogP contribution in [0.2, 0.25) is 5.02 Å². The van der Waals surface area contributed by atoms with Crippen LogP contribution in [0.1, 0.15) is 29.9 Å². The minimum Gasteiger partial charge on any atom is -0.351 e. The maximum Gasteiger partial charge on any atom is 0.267 e. The molecule has 0 spiro atoms.